The van der Waals surface area contributed by atoms with Crippen LogP contribution < -0.4 is 26.4 Å². The fourth-order valence-electron chi connectivity index (χ4n) is 10.4. The van der Waals surface area contributed by atoms with Crippen LogP contribution in [0.15, 0.2) is 176 Å². The standard InChI is InChI=1S/C58H36N2O/c1-5-17-37-33(3)34(4)38(18-6-2)54-50(36-21-11-8-12-22-36)56-44-31-29-39(41-23-15-25-43(51(41)44)55(56)49(53(37)54)35-19-9-7-10-20-35)40-30-32-45-52-42(40)24-16-26-46(52)58(61)60-48-28-14-13-27-47(48)59-57(45)60/h5-32H,1-4H2/b37-17+,38-18+. The van der Waals surface area contributed by atoms with E-state index in [2.05, 4.69) is 148 Å². The first-order chi connectivity index (χ1) is 30.0. The molecule has 2 heterocycles. The predicted octanol–water partition coefficient (Wildman–Crippen LogP) is 11.3. The van der Waals surface area contributed by atoms with E-state index in [-0.39, 0.29) is 5.56 Å². The minimum absolute atomic E-state index is 0.0548. The third-order valence-corrected chi connectivity index (χ3v) is 12.9. The average Bonchev–Trinajstić information content (AvgIpc) is 3.86. The lowest BCUT2D eigenvalue weighted by Crippen LogP contribution is -2.47. The Balaban J connectivity index is 1.26. The Morgan fingerprint density at radius 2 is 0.951 bits per heavy atom. The molecule has 11 aromatic rings. The third kappa shape index (κ3) is 4.63. The number of hydrogen-bond donors (Lipinski definition) is 0. The lowest BCUT2D eigenvalue weighted by atomic mass is 9.80. The number of para-hydroxylation sites is 2. The Bertz CT molecular complexity index is 3940. The first-order valence-corrected chi connectivity index (χ1v) is 20.5. The Morgan fingerprint density at radius 1 is 0.443 bits per heavy atom. The van der Waals surface area contributed by atoms with Crippen LogP contribution in [-0.4, -0.2) is 9.38 Å². The summed E-state index contributed by atoms with van der Waals surface area (Å²) in [6.45, 7) is 17.6. The molecule has 0 spiro atoms. The smallest absolute Gasteiger partial charge is 0.264 e. The second-order valence-corrected chi connectivity index (χ2v) is 15.9. The van der Waals surface area contributed by atoms with E-state index >= 15 is 0 Å². The maximum Gasteiger partial charge on any atom is 0.264 e. The van der Waals surface area contributed by atoms with Crippen molar-refractivity contribution in [2.24, 2.45) is 0 Å². The fourth-order valence-corrected chi connectivity index (χ4v) is 10.4. The van der Waals surface area contributed by atoms with Crippen LogP contribution in [0.25, 0.3) is 141 Å². The van der Waals surface area contributed by atoms with Gasteiger partial charge in [0.2, 0.25) is 0 Å². The molecule has 0 bridgehead atoms. The van der Waals surface area contributed by atoms with Gasteiger partial charge in [0.15, 0.2) is 0 Å². The summed E-state index contributed by atoms with van der Waals surface area (Å²) >= 11 is 0. The first kappa shape index (κ1) is 34.9. The van der Waals surface area contributed by atoms with E-state index in [1.807, 2.05) is 48.6 Å². The zero-order chi connectivity index (χ0) is 41.1. The molecular formula is C58H36N2O. The minimum atomic E-state index is -0.0548. The number of hydrogen-bond acceptors (Lipinski definition) is 2. The number of aromatic nitrogens is 2. The van der Waals surface area contributed by atoms with Crippen molar-refractivity contribution in [3.63, 3.8) is 0 Å². The van der Waals surface area contributed by atoms with Gasteiger partial charge in [0, 0.05) is 16.2 Å². The Morgan fingerprint density at radius 3 is 1.57 bits per heavy atom. The number of allylic oxidation sites excluding steroid dienone is 2. The first-order valence-electron chi connectivity index (χ1n) is 20.5. The molecule has 1 aliphatic carbocycles. The maximum absolute atomic E-state index is 14.3. The Hall–Kier alpha value is -8.14. The summed E-state index contributed by atoms with van der Waals surface area (Å²) in [5, 5.41) is 11.9. The number of nitrogens with zero attached hydrogens (tertiary/aromatic N) is 2. The molecule has 1 aliphatic rings. The van der Waals surface area contributed by atoms with E-state index in [9.17, 15) is 4.79 Å². The number of fused-ring (bicyclic) bond motifs is 8. The maximum atomic E-state index is 14.3. The Kier molecular flexibility index (Phi) is 7.39. The van der Waals surface area contributed by atoms with E-state index in [1.165, 1.54) is 27.6 Å². The third-order valence-electron chi connectivity index (χ3n) is 12.9. The second kappa shape index (κ2) is 12.9. The van der Waals surface area contributed by atoms with E-state index in [4.69, 9.17) is 4.98 Å². The predicted molar refractivity (Wildman–Crippen MR) is 260 cm³/mol. The molecule has 0 N–H and O–H groups in total. The van der Waals surface area contributed by atoms with Crippen LogP contribution in [0.4, 0.5) is 0 Å². The highest BCUT2D eigenvalue weighted by Crippen LogP contribution is 2.58. The zero-order valence-electron chi connectivity index (χ0n) is 33.3. The summed E-state index contributed by atoms with van der Waals surface area (Å²) in [7, 11) is 0. The molecule has 9 aromatic carbocycles. The second-order valence-electron chi connectivity index (χ2n) is 15.9. The van der Waals surface area contributed by atoms with E-state index in [1.54, 1.807) is 4.40 Å². The zero-order valence-corrected chi connectivity index (χ0v) is 33.3. The quantitative estimate of drug-likeness (QED) is 0.174. The van der Waals surface area contributed by atoms with Crippen molar-refractivity contribution in [1.82, 2.24) is 9.38 Å². The molecule has 0 unspecified atom stereocenters. The van der Waals surface area contributed by atoms with Crippen LogP contribution in [0.2, 0.25) is 0 Å². The summed E-state index contributed by atoms with van der Waals surface area (Å²) in [4.78, 5) is 19.3. The summed E-state index contributed by atoms with van der Waals surface area (Å²) in [6, 6.07) is 51.1. The van der Waals surface area contributed by atoms with Gasteiger partial charge in [0.25, 0.3) is 5.56 Å². The van der Waals surface area contributed by atoms with Gasteiger partial charge in [-0.1, -0.05) is 172 Å². The number of rotatable bonds is 5. The minimum Gasteiger partial charge on any atom is -0.268 e. The number of imidazole rings is 1. The van der Waals surface area contributed by atoms with E-state index < -0.39 is 0 Å². The summed E-state index contributed by atoms with van der Waals surface area (Å²) in [5.74, 6) is 0. The van der Waals surface area contributed by atoms with Crippen LogP contribution in [0.3, 0.4) is 0 Å². The van der Waals surface area contributed by atoms with Gasteiger partial charge in [-0.15, -0.1) is 0 Å². The van der Waals surface area contributed by atoms with Crippen molar-refractivity contribution in [3.05, 3.63) is 202 Å². The molecule has 12 rings (SSSR count). The van der Waals surface area contributed by atoms with E-state index in [0.717, 1.165) is 97.6 Å². The van der Waals surface area contributed by atoms with Crippen molar-refractivity contribution >= 4 is 85.1 Å². The monoisotopic (exact) mass is 776 g/mol. The van der Waals surface area contributed by atoms with Crippen molar-refractivity contribution < 1.29 is 0 Å². The number of pyridine rings is 1. The van der Waals surface area contributed by atoms with Gasteiger partial charge >= 0.3 is 0 Å². The van der Waals surface area contributed by atoms with Crippen molar-refractivity contribution in [2.75, 3.05) is 0 Å². The van der Waals surface area contributed by atoms with Gasteiger partial charge in [-0.2, -0.15) is 0 Å². The highest BCUT2D eigenvalue weighted by atomic mass is 16.1. The van der Waals surface area contributed by atoms with E-state index in [0.29, 0.717) is 11.0 Å². The lowest BCUT2D eigenvalue weighted by Gasteiger charge is -2.22. The summed E-state index contributed by atoms with van der Waals surface area (Å²) in [5.41, 5.74) is 13.7. The molecule has 3 nitrogen and oxygen atoms in total. The molecule has 0 saturated carbocycles. The van der Waals surface area contributed by atoms with Crippen LogP contribution >= 0.6 is 0 Å². The van der Waals surface area contributed by atoms with Gasteiger partial charge < -0.3 is 0 Å². The van der Waals surface area contributed by atoms with Gasteiger partial charge in [-0.05, 0) is 128 Å². The molecule has 61 heavy (non-hydrogen) atoms. The lowest BCUT2D eigenvalue weighted by molar-refractivity contribution is 1.19. The molecular weight excluding hydrogens is 741 g/mol. The topological polar surface area (TPSA) is 34.4 Å². The fraction of sp³-hybridized carbons (Fsp3) is 0. The Labute approximate surface area is 350 Å². The molecule has 0 radical (unpaired) electrons. The molecule has 0 fully saturated rings. The SMILES string of the molecule is C=C/C=c1\c(=C)c(=C)/c(=C\C=C)c2c(-c3ccccc3)c3c(c(-c4ccccc4)c12)-c1cccc2c(-c4ccc5c6c4cccc6c(=O)n4c6ccccc6nc54)ccc-3c12. The normalized spacial score (nSPS) is 12.8. The van der Waals surface area contributed by atoms with Gasteiger partial charge in [-0.25, -0.2) is 4.98 Å². The van der Waals surface area contributed by atoms with Crippen LogP contribution in [-0.2, 0) is 0 Å². The van der Waals surface area contributed by atoms with Crippen LogP contribution in [0.5, 0.6) is 0 Å². The molecule has 0 aliphatic heterocycles. The van der Waals surface area contributed by atoms with Crippen molar-refractivity contribution in [3.8, 4) is 55.6 Å². The molecule has 3 heteroatoms. The highest BCUT2D eigenvalue weighted by Gasteiger charge is 2.32. The molecule has 0 amide bonds. The van der Waals surface area contributed by atoms with Gasteiger partial charge in [0.1, 0.15) is 5.65 Å². The highest BCUT2D eigenvalue weighted by molar-refractivity contribution is 6.30. The van der Waals surface area contributed by atoms with Crippen molar-refractivity contribution in [1.29, 1.82) is 0 Å². The van der Waals surface area contributed by atoms with Gasteiger partial charge in [-0.3, -0.25) is 9.20 Å². The number of benzene rings is 9. The van der Waals surface area contributed by atoms with Crippen molar-refractivity contribution in [2.45, 2.75) is 0 Å². The molecule has 284 valence electrons. The largest absolute Gasteiger partial charge is 0.268 e. The van der Waals surface area contributed by atoms with Crippen LogP contribution in [0.1, 0.15) is 0 Å². The summed E-state index contributed by atoms with van der Waals surface area (Å²) in [6.07, 6.45) is 7.89. The van der Waals surface area contributed by atoms with Gasteiger partial charge in [0.05, 0.1) is 11.0 Å². The average molecular weight is 777 g/mol. The molecule has 2 aromatic heterocycles. The molecule has 0 atom stereocenters. The van der Waals surface area contributed by atoms with Crippen LogP contribution in [0, 0.1) is 0 Å². The summed E-state index contributed by atoms with van der Waals surface area (Å²) < 4.78 is 1.77. The molecule has 0 saturated heterocycles.